The molecule has 9 nitrogen and oxygen atoms in total. The molecule has 0 amide bonds. The number of benzene rings is 1. The number of aromatic nitrogens is 2. The molecule has 3 rings (SSSR count). The van der Waals surface area contributed by atoms with E-state index in [4.69, 9.17) is 9.47 Å². The number of carbonyl (C=O) groups is 2. The van der Waals surface area contributed by atoms with E-state index in [2.05, 4.69) is 5.32 Å². The molecule has 0 fully saturated rings. The van der Waals surface area contributed by atoms with Crippen molar-refractivity contribution >= 4 is 23.0 Å². The second-order valence-corrected chi connectivity index (χ2v) is 6.67. The number of allylic oxidation sites excluding steroid dienone is 2. The first-order valence-electron chi connectivity index (χ1n) is 8.84. The normalized spacial score (nSPS) is 14.8. The van der Waals surface area contributed by atoms with Crippen LogP contribution in [0.4, 0.5) is 0 Å². The maximum atomic E-state index is 13.3. The highest BCUT2D eigenvalue weighted by molar-refractivity contribution is 5.99. The second kappa shape index (κ2) is 7.42. The lowest BCUT2D eigenvalue weighted by molar-refractivity contribution is -0.476. The van der Waals surface area contributed by atoms with Gasteiger partial charge in [0.15, 0.2) is 0 Å². The fourth-order valence-electron chi connectivity index (χ4n) is 3.72. The Morgan fingerprint density at radius 1 is 1.03 bits per heavy atom. The van der Waals surface area contributed by atoms with E-state index in [-0.39, 0.29) is 33.6 Å². The van der Waals surface area contributed by atoms with E-state index in [1.165, 1.54) is 33.3 Å². The molecule has 1 aromatic carbocycles. The lowest BCUT2D eigenvalue weighted by atomic mass is 9.82. The third-order valence-electron chi connectivity index (χ3n) is 5.06. The maximum Gasteiger partial charge on any atom is 0.336 e. The number of hydrogen-bond acceptors (Lipinski definition) is 7. The molecule has 9 heteroatoms. The Morgan fingerprint density at radius 2 is 1.55 bits per heavy atom. The van der Waals surface area contributed by atoms with Gasteiger partial charge < -0.3 is 24.7 Å². The van der Waals surface area contributed by atoms with Crippen LogP contribution < -0.4 is 9.74 Å². The van der Waals surface area contributed by atoms with Crippen molar-refractivity contribution in [2.75, 3.05) is 14.2 Å². The van der Waals surface area contributed by atoms with Gasteiger partial charge in [-0.2, -0.15) is 0 Å². The Kier molecular flexibility index (Phi) is 5.15. The Hall–Kier alpha value is -3.62. The zero-order valence-corrected chi connectivity index (χ0v) is 16.7. The number of para-hydroxylation sites is 2. The largest absolute Gasteiger partial charge is 0.805 e. The number of dihydropyridines is 1. The summed E-state index contributed by atoms with van der Waals surface area (Å²) >= 11 is 0. The highest BCUT2D eigenvalue weighted by Crippen LogP contribution is 2.39. The number of carbonyl (C=O) groups excluding carboxylic acids is 2. The first-order chi connectivity index (χ1) is 13.7. The van der Waals surface area contributed by atoms with Crippen molar-refractivity contribution < 1.29 is 23.5 Å². The quantitative estimate of drug-likeness (QED) is 0.618. The third kappa shape index (κ3) is 3.04. The molecule has 1 N–H and O–H groups in total. The monoisotopic (exact) mass is 399 g/mol. The van der Waals surface area contributed by atoms with Gasteiger partial charge in [0.2, 0.25) is 0 Å². The van der Waals surface area contributed by atoms with Crippen LogP contribution in [0.3, 0.4) is 0 Å². The first-order valence-corrected chi connectivity index (χ1v) is 8.84. The van der Waals surface area contributed by atoms with Crippen LogP contribution in [0, 0.1) is 17.0 Å². The fourth-order valence-corrected chi connectivity index (χ4v) is 3.72. The summed E-state index contributed by atoms with van der Waals surface area (Å²) in [5.41, 5.74) is 1.26. The second-order valence-electron chi connectivity index (χ2n) is 6.67. The molecule has 1 aromatic heterocycles. The SMILES string of the molecule is COC(=O)C1=C(C)NC(C)=C(C(=O)OC)C1c1c(C)n([O-])c2ccccc2[n+]1=O. The highest BCUT2D eigenvalue weighted by Gasteiger charge is 2.44. The number of esters is 2. The van der Waals surface area contributed by atoms with Crippen molar-refractivity contribution in [3.05, 3.63) is 68.3 Å². The number of rotatable bonds is 3. The van der Waals surface area contributed by atoms with Crippen LogP contribution in [0.25, 0.3) is 11.0 Å². The van der Waals surface area contributed by atoms with Crippen molar-refractivity contribution in [1.82, 2.24) is 10.0 Å². The van der Waals surface area contributed by atoms with Crippen molar-refractivity contribution in [3.8, 4) is 0 Å². The summed E-state index contributed by atoms with van der Waals surface area (Å²) in [6, 6.07) is 6.31. The number of fused-ring (bicyclic) bond motifs is 1. The van der Waals surface area contributed by atoms with Crippen molar-refractivity contribution in [2.24, 2.45) is 0 Å². The van der Waals surface area contributed by atoms with Gasteiger partial charge in [0.1, 0.15) is 11.4 Å². The highest BCUT2D eigenvalue weighted by atomic mass is 16.5. The minimum atomic E-state index is -1.14. The number of nitrogens with zero attached hydrogens (tertiary/aromatic N) is 2. The van der Waals surface area contributed by atoms with Crippen LogP contribution in [-0.4, -0.2) is 30.9 Å². The molecule has 0 radical (unpaired) electrons. The molecular formula is C20H21N3O6. The van der Waals surface area contributed by atoms with Crippen molar-refractivity contribution in [3.63, 3.8) is 0 Å². The van der Waals surface area contributed by atoms with E-state index in [1.807, 2.05) is 0 Å². The summed E-state index contributed by atoms with van der Waals surface area (Å²) in [4.78, 5) is 38.5. The van der Waals surface area contributed by atoms with Crippen molar-refractivity contribution in [2.45, 2.75) is 26.7 Å². The smallest absolute Gasteiger partial charge is 0.336 e. The molecule has 152 valence electrons. The summed E-state index contributed by atoms with van der Waals surface area (Å²) in [6.45, 7) is 4.74. The van der Waals surface area contributed by atoms with E-state index >= 15 is 0 Å². The number of nitrogens with one attached hydrogen (secondary N) is 1. The Morgan fingerprint density at radius 3 is 2.07 bits per heavy atom. The Bertz CT molecular complexity index is 1120. The van der Waals surface area contributed by atoms with E-state index in [1.54, 1.807) is 26.0 Å². The maximum absolute atomic E-state index is 13.3. The molecule has 0 spiro atoms. The van der Waals surface area contributed by atoms with Gasteiger partial charge in [0.25, 0.3) is 11.2 Å². The average Bonchev–Trinajstić information content (AvgIpc) is 2.71. The van der Waals surface area contributed by atoms with E-state index in [0.29, 0.717) is 20.6 Å². The van der Waals surface area contributed by atoms with Gasteiger partial charge in [-0.05, 0) is 26.8 Å². The van der Waals surface area contributed by atoms with Crippen LogP contribution in [-0.2, 0) is 19.1 Å². The van der Waals surface area contributed by atoms with Crippen molar-refractivity contribution in [1.29, 1.82) is 0 Å². The molecule has 2 heterocycles. The lowest BCUT2D eigenvalue weighted by Gasteiger charge is -2.28. The Labute approximate surface area is 166 Å². The number of hydrogen-bond donors (Lipinski definition) is 1. The van der Waals surface area contributed by atoms with E-state index in [0.717, 1.165) is 0 Å². The molecule has 0 bridgehead atoms. The van der Waals surface area contributed by atoms with Gasteiger partial charge in [-0.15, -0.1) is 0 Å². The predicted molar refractivity (Wildman–Crippen MR) is 104 cm³/mol. The van der Waals surface area contributed by atoms with Crippen LogP contribution in [0.2, 0.25) is 0 Å². The van der Waals surface area contributed by atoms with E-state index < -0.39 is 17.9 Å². The molecule has 0 unspecified atom stereocenters. The molecule has 0 saturated carbocycles. The van der Waals surface area contributed by atoms with Gasteiger partial charge >= 0.3 is 11.9 Å². The minimum Gasteiger partial charge on any atom is -0.805 e. The zero-order valence-electron chi connectivity index (χ0n) is 16.7. The summed E-state index contributed by atoms with van der Waals surface area (Å²) in [5, 5.41) is 15.8. The summed E-state index contributed by atoms with van der Waals surface area (Å²) in [5.74, 6) is -2.59. The zero-order chi connectivity index (χ0) is 21.5. The molecular weight excluding hydrogens is 378 g/mol. The van der Waals surface area contributed by atoms with Gasteiger partial charge in [-0.25, -0.2) is 9.59 Å². The minimum absolute atomic E-state index is 0.0419. The molecule has 0 aliphatic carbocycles. The first kappa shape index (κ1) is 20.1. The topological polar surface area (TPSA) is 116 Å². The Balaban J connectivity index is 2.46. The third-order valence-corrected chi connectivity index (χ3v) is 5.06. The summed E-state index contributed by atoms with van der Waals surface area (Å²) in [6.07, 6.45) is 0. The van der Waals surface area contributed by atoms with Crippen LogP contribution in [0.5, 0.6) is 0 Å². The fraction of sp³-hybridized carbons (Fsp3) is 0.300. The average molecular weight is 399 g/mol. The molecule has 1 aliphatic heterocycles. The number of methoxy groups -OCH3 is 2. The van der Waals surface area contributed by atoms with Gasteiger partial charge in [0, 0.05) is 22.4 Å². The predicted octanol–water partition coefficient (Wildman–Crippen LogP) is 1.79. The van der Waals surface area contributed by atoms with E-state index in [9.17, 15) is 19.7 Å². The standard InChI is InChI=1S/C20H21N3O6/c1-10-15(19(24)28-4)17(16(11(2)21-10)20(25)29-5)18-12(3)22(26)13-8-6-7-9-14(13)23(18)27/h6-9,17,21H,1-5H3. The molecule has 2 aromatic rings. The van der Waals surface area contributed by atoms with Gasteiger partial charge in [-0.1, -0.05) is 12.1 Å². The molecule has 1 aliphatic rings. The summed E-state index contributed by atoms with van der Waals surface area (Å²) in [7, 11) is 2.41. The van der Waals surface area contributed by atoms with Crippen LogP contribution in [0.1, 0.15) is 31.2 Å². The molecule has 0 atom stereocenters. The van der Waals surface area contributed by atoms with Gasteiger partial charge in [0.05, 0.1) is 35.5 Å². The van der Waals surface area contributed by atoms with Crippen LogP contribution >= 0.6 is 0 Å². The lowest BCUT2D eigenvalue weighted by Crippen LogP contribution is -2.38. The van der Waals surface area contributed by atoms with Gasteiger partial charge in [-0.3, -0.25) is 0 Å². The molecule has 29 heavy (non-hydrogen) atoms. The molecule has 0 saturated heterocycles. The van der Waals surface area contributed by atoms with Crippen LogP contribution in [0.15, 0.2) is 46.8 Å². The number of ether oxygens (including phenoxy) is 2. The summed E-state index contributed by atoms with van der Waals surface area (Å²) < 4.78 is 11.0.